The van der Waals surface area contributed by atoms with Crippen molar-refractivity contribution in [1.29, 1.82) is 0 Å². The molecular formula is C16H17N4O. The normalized spacial score (nSPS) is 14.4. The molecule has 1 aromatic heterocycles. The zero-order valence-corrected chi connectivity index (χ0v) is 11.7. The van der Waals surface area contributed by atoms with Crippen molar-refractivity contribution < 1.29 is 4.79 Å². The third kappa shape index (κ3) is 2.42. The quantitative estimate of drug-likeness (QED) is 0.881. The highest BCUT2D eigenvalue weighted by atomic mass is 16.2. The molecule has 1 amide bonds. The average molecular weight is 281 g/mol. The van der Waals surface area contributed by atoms with Crippen molar-refractivity contribution in [1.82, 2.24) is 9.88 Å². The van der Waals surface area contributed by atoms with Crippen LogP contribution in [0.15, 0.2) is 30.3 Å². The molecule has 0 saturated carbocycles. The molecule has 1 saturated heterocycles. The first-order valence-corrected chi connectivity index (χ1v) is 7.00. The van der Waals surface area contributed by atoms with Crippen molar-refractivity contribution in [2.24, 2.45) is 0 Å². The number of nitrogens with zero attached hydrogens (tertiary/aromatic N) is 2. The maximum absolute atomic E-state index is 12.8. The summed E-state index contributed by atoms with van der Waals surface area (Å²) in [6.45, 7) is 1.52. The summed E-state index contributed by atoms with van der Waals surface area (Å²) in [6, 6.07) is 9.49. The van der Waals surface area contributed by atoms with Crippen LogP contribution in [-0.4, -0.2) is 28.9 Å². The molecule has 0 spiro atoms. The highest BCUT2D eigenvalue weighted by molar-refractivity contribution is 6.07. The van der Waals surface area contributed by atoms with Crippen LogP contribution in [0.4, 0.5) is 11.5 Å². The van der Waals surface area contributed by atoms with Gasteiger partial charge in [-0.15, -0.1) is 0 Å². The van der Waals surface area contributed by atoms with Gasteiger partial charge in [0, 0.05) is 18.7 Å². The van der Waals surface area contributed by atoms with Crippen molar-refractivity contribution in [2.45, 2.75) is 12.8 Å². The van der Waals surface area contributed by atoms with Crippen LogP contribution in [0.3, 0.4) is 0 Å². The number of anilines is 2. The molecule has 0 bridgehead atoms. The van der Waals surface area contributed by atoms with Gasteiger partial charge in [0.15, 0.2) is 0 Å². The zero-order chi connectivity index (χ0) is 14.8. The summed E-state index contributed by atoms with van der Waals surface area (Å²) in [6.07, 6.45) is 4.69. The van der Waals surface area contributed by atoms with Crippen LogP contribution >= 0.6 is 0 Å². The number of nitrogens with two attached hydrogens (primary N) is 2. The van der Waals surface area contributed by atoms with E-state index in [1.54, 1.807) is 0 Å². The third-order valence-electron chi connectivity index (χ3n) is 3.74. The van der Waals surface area contributed by atoms with E-state index in [1.807, 2.05) is 35.2 Å². The van der Waals surface area contributed by atoms with Gasteiger partial charge in [0.05, 0.1) is 11.3 Å². The van der Waals surface area contributed by atoms with Gasteiger partial charge in [-0.25, -0.2) is 4.98 Å². The van der Waals surface area contributed by atoms with Gasteiger partial charge in [-0.2, -0.15) is 0 Å². The van der Waals surface area contributed by atoms with Gasteiger partial charge in [-0.1, -0.05) is 30.3 Å². The number of nitrogen functional groups attached to an aromatic ring is 2. The van der Waals surface area contributed by atoms with E-state index in [-0.39, 0.29) is 17.4 Å². The fourth-order valence-electron chi connectivity index (χ4n) is 2.69. The van der Waals surface area contributed by atoms with Gasteiger partial charge >= 0.3 is 0 Å². The Bertz CT molecular complexity index is 663. The summed E-state index contributed by atoms with van der Waals surface area (Å²) in [5, 5.41) is 0. The molecule has 4 N–H and O–H groups in total. The van der Waals surface area contributed by atoms with Crippen molar-refractivity contribution in [3.8, 4) is 11.1 Å². The van der Waals surface area contributed by atoms with Crippen LogP contribution in [0.5, 0.6) is 0 Å². The molecular weight excluding hydrogens is 264 g/mol. The van der Waals surface area contributed by atoms with E-state index in [1.165, 1.54) is 0 Å². The van der Waals surface area contributed by atoms with Gasteiger partial charge < -0.3 is 16.4 Å². The first-order valence-electron chi connectivity index (χ1n) is 7.00. The Morgan fingerprint density at radius 1 is 1.14 bits per heavy atom. The Kier molecular flexibility index (Phi) is 3.48. The summed E-state index contributed by atoms with van der Waals surface area (Å²) in [5.74, 6) is 0.187. The van der Waals surface area contributed by atoms with Crippen LogP contribution in [0.2, 0.25) is 0 Å². The van der Waals surface area contributed by atoms with Crippen molar-refractivity contribution in [2.75, 3.05) is 24.6 Å². The number of aromatic nitrogens is 1. The monoisotopic (exact) mass is 281 g/mol. The van der Waals surface area contributed by atoms with Crippen LogP contribution < -0.4 is 11.5 Å². The maximum Gasteiger partial charge on any atom is 0.256 e. The molecule has 1 aliphatic rings. The number of amides is 1. The molecule has 2 heterocycles. The number of carbonyl (C=O) groups is 1. The molecule has 2 aromatic rings. The maximum atomic E-state index is 12.8. The molecule has 21 heavy (non-hydrogen) atoms. The van der Waals surface area contributed by atoms with Gasteiger partial charge in [0.2, 0.25) is 0 Å². The van der Waals surface area contributed by atoms with E-state index in [2.05, 4.69) is 11.2 Å². The lowest BCUT2D eigenvalue weighted by atomic mass is 9.98. The smallest absolute Gasteiger partial charge is 0.256 e. The SMILES string of the molecule is Nc1[c]nc(N)c(-c2ccccc2)c1C(=O)N1CCCC1. The molecule has 5 nitrogen and oxygen atoms in total. The molecule has 1 radical (unpaired) electrons. The lowest BCUT2D eigenvalue weighted by molar-refractivity contribution is 0.0794. The van der Waals surface area contributed by atoms with Crippen molar-refractivity contribution >= 4 is 17.4 Å². The molecule has 0 unspecified atom stereocenters. The summed E-state index contributed by atoms with van der Waals surface area (Å²) >= 11 is 0. The number of rotatable bonds is 2. The van der Waals surface area contributed by atoms with Gasteiger partial charge in [0.25, 0.3) is 5.91 Å². The number of benzene rings is 1. The Hall–Kier alpha value is -2.56. The largest absolute Gasteiger partial charge is 0.396 e. The van der Waals surface area contributed by atoms with E-state index < -0.39 is 0 Å². The Morgan fingerprint density at radius 3 is 2.48 bits per heavy atom. The minimum atomic E-state index is -0.0887. The Balaban J connectivity index is 2.15. The molecule has 107 valence electrons. The van der Waals surface area contributed by atoms with E-state index >= 15 is 0 Å². The standard InChI is InChI=1S/C16H17N4O/c17-12-10-19-15(18)13(11-6-2-1-3-7-11)14(12)16(21)20-8-4-5-9-20/h1-3,6-7H,4-5,8-9,17H2,(H2,18,19). The number of likely N-dealkylation sites (tertiary alicyclic amines) is 1. The molecule has 0 atom stereocenters. The first kappa shape index (κ1) is 13.4. The summed E-state index contributed by atoms with van der Waals surface area (Å²) in [5.41, 5.74) is 14.1. The summed E-state index contributed by atoms with van der Waals surface area (Å²) in [4.78, 5) is 18.5. The van der Waals surface area contributed by atoms with Gasteiger partial charge in [0.1, 0.15) is 12.0 Å². The van der Waals surface area contributed by atoms with Crippen LogP contribution in [-0.2, 0) is 0 Å². The zero-order valence-electron chi connectivity index (χ0n) is 11.7. The van der Waals surface area contributed by atoms with E-state index in [9.17, 15) is 4.79 Å². The molecule has 1 aromatic carbocycles. The number of hydrogen-bond donors (Lipinski definition) is 2. The number of hydrogen-bond acceptors (Lipinski definition) is 4. The predicted octanol–water partition coefficient (Wildman–Crippen LogP) is 1.95. The number of pyridine rings is 1. The minimum Gasteiger partial charge on any atom is -0.396 e. The second-order valence-corrected chi connectivity index (χ2v) is 5.14. The second kappa shape index (κ2) is 5.44. The first-order chi connectivity index (χ1) is 10.2. The lowest BCUT2D eigenvalue weighted by Crippen LogP contribution is -2.29. The Morgan fingerprint density at radius 2 is 1.81 bits per heavy atom. The van der Waals surface area contributed by atoms with Crippen LogP contribution in [0, 0.1) is 6.20 Å². The van der Waals surface area contributed by atoms with Crippen molar-refractivity contribution in [3.05, 3.63) is 42.1 Å². The second-order valence-electron chi connectivity index (χ2n) is 5.14. The number of carbonyl (C=O) groups excluding carboxylic acids is 1. The highest BCUT2D eigenvalue weighted by Gasteiger charge is 2.26. The van der Waals surface area contributed by atoms with Gasteiger partial charge in [-0.3, -0.25) is 4.79 Å². The summed E-state index contributed by atoms with van der Waals surface area (Å²) < 4.78 is 0. The minimum absolute atomic E-state index is 0.0887. The molecule has 3 rings (SSSR count). The van der Waals surface area contributed by atoms with Crippen molar-refractivity contribution in [3.63, 3.8) is 0 Å². The fraction of sp³-hybridized carbons (Fsp3) is 0.250. The van der Waals surface area contributed by atoms with E-state index in [0.717, 1.165) is 31.5 Å². The average Bonchev–Trinajstić information content (AvgIpc) is 3.04. The molecule has 0 aliphatic carbocycles. The van der Waals surface area contributed by atoms with E-state index in [4.69, 9.17) is 11.5 Å². The summed E-state index contributed by atoms with van der Waals surface area (Å²) in [7, 11) is 0. The molecule has 1 aliphatic heterocycles. The Labute approximate surface area is 123 Å². The van der Waals surface area contributed by atoms with Gasteiger partial charge in [-0.05, 0) is 18.4 Å². The van der Waals surface area contributed by atoms with Crippen LogP contribution in [0.1, 0.15) is 23.2 Å². The lowest BCUT2D eigenvalue weighted by Gasteiger charge is -2.19. The molecule has 1 fully saturated rings. The van der Waals surface area contributed by atoms with E-state index in [0.29, 0.717) is 11.1 Å². The fourth-order valence-corrected chi connectivity index (χ4v) is 2.69. The molecule has 5 heteroatoms. The van der Waals surface area contributed by atoms with Crippen LogP contribution in [0.25, 0.3) is 11.1 Å². The predicted molar refractivity (Wildman–Crippen MR) is 82.5 cm³/mol. The topological polar surface area (TPSA) is 85.2 Å². The third-order valence-corrected chi connectivity index (χ3v) is 3.74. The highest BCUT2D eigenvalue weighted by Crippen LogP contribution is 2.33.